The monoisotopic (exact) mass is 139 g/mol. The first-order valence-corrected chi connectivity index (χ1v) is 2.04. The lowest BCUT2D eigenvalue weighted by molar-refractivity contribution is -0.828. The maximum atomic E-state index is 4.26. The highest BCUT2D eigenvalue weighted by Gasteiger charge is 2.20. The van der Waals surface area contributed by atoms with E-state index in [-0.39, 0.29) is 6.73 Å². The predicted molar refractivity (Wildman–Crippen MR) is 19.1 cm³/mol. The van der Waals surface area contributed by atoms with Crippen LogP contribution in [0.2, 0.25) is 0 Å². The highest BCUT2D eigenvalue weighted by Crippen LogP contribution is 2.05. The molecule has 54 valence electrons. The van der Waals surface area contributed by atoms with Gasteiger partial charge in [-0.15, -0.1) is 0 Å². The van der Waals surface area contributed by atoms with Gasteiger partial charge in [0.2, 0.25) is 0 Å². The van der Waals surface area contributed by atoms with Crippen molar-refractivity contribution in [1.29, 1.82) is 0 Å². The highest BCUT2D eigenvalue weighted by atomic mass is 17.7. The lowest BCUT2D eigenvalue weighted by Gasteiger charge is -2.21. The second kappa shape index (κ2) is 3.69. The van der Waals surface area contributed by atoms with Gasteiger partial charge in [-0.1, -0.05) is 15.0 Å². The lowest BCUT2D eigenvalue weighted by Crippen LogP contribution is -2.36. The van der Waals surface area contributed by atoms with Crippen LogP contribution in [0.3, 0.4) is 0 Å². The molecule has 1 aliphatic rings. The molecule has 0 spiro atoms. The summed E-state index contributed by atoms with van der Waals surface area (Å²) in [6.07, 6.45) is 0. The Hall–Kier alpha value is -0.280. The summed E-state index contributed by atoms with van der Waals surface area (Å²) in [5.41, 5.74) is 0. The van der Waals surface area contributed by atoms with Crippen molar-refractivity contribution >= 4 is 0 Å². The van der Waals surface area contributed by atoms with Crippen LogP contribution in [0.15, 0.2) is 0 Å². The maximum absolute atomic E-state index is 4.26. The average Bonchev–Trinajstić information content (AvgIpc) is 1.76. The molecule has 1 rings (SSSR count). The van der Waals surface area contributed by atoms with E-state index in [1.165, 1.54) is 7.11 Å². The summed E-state index contributed by atoms with van der Waals surface area (Å²) in [5.74, 6) is 0. The Bertz CT molecular complexity index is 73.5. The first kappa shape index (κ1) is 6.83. The quantitative estimate of drug-likeness (QED) is 0.295. The first-order valence-electron chi connectivity index (χ1n) is 2.04. The lowest BCUT2D eigenvalue weighted by atomic mass is 11.3. The van der Waals surface area contributed by atoms with Crippen LogP contribution in [0, 0.1) is 0 Å². The molecule has 0 aromatic rings. The van der Waals surface area contributed by atoms with Gasteiger partial charge in [-0.3, -0.25) is 0 Å². The SMILES string of the molecule is COOOCN1OOO1. The van der Waals surface area contributed by atoms with Gasteiger partial charge in [0.1, 0.15) is 0 Å². The van der Waals surface area contributed by atoms with Crippen molar-refractivity contribution in [3.63, 3.8) is 0 Å². The summed E-state index contributed by atoms with van der Waals surface area (Å²) in [4.78, 5) is 16.6. The van der Waals surface area contributed by atoms with E-state index in [0.717, 1.165) is 5.23 Å². The topological polar surface area (TPSA) is 58.6 Å². The van der Waals surface area contributed by atoms with Crippen molar-refractivity contribution in [1.82, 2.24) is 5.23 Å². The minimum absolute atomic E-state index is 0.0617. The van der Waals surface area contributed by atoms with Gasteiger partial charge in [-0.25, -0.2) is 4.89 Å². The normalized spacial score (nSPS) is 19.7. The second-order valence-electron chi connectivity index (χ2n) is 1.03. The summed E-state index contributed by atoms with van der Waals surface area (Å²) < 4.78 is 0. The molecule has 0 saturated carbocycles. The Balaban J connectivity index is 1.80. The molecule has 0 amide bonds. The Morgan fingerprint density at radius 2 is 2.22 bits per heavy atom. The second-order valence-corrected chi connectivity index (χ2v) is 1.03. The van der Waals surface area contributed by atoms with Gasteiger partial charge >= 0.3 is 0 Å². The van der Waals surface area contributed by atoms with Crippen molar-refractivity contribution in [2.45, 2.75) is 0 Å². The molecular formula is C2H5NO6. The van der Waals surface area contributed by atoms with Crippen LogP contribution in [0.4, 0.5) is 0 Å². The molecule has 0 aliphatic carbocycles. The smallest absolute Gasteiger partial charge is 0.194 e. The molecule has 0 aromatic heterocycles. The van der Waals surface area contributed by atoms with E-state index in [4.69, 9.17) is 0 Å². The summed E-state index contributed by atoms with van der Waals surface area (Å²) in [7, 11) is 1.30. The molecule has 0 unspecified atom stereocenters. The van der Waals surface area contributed by atoms with Gasteiger partial charge in [-0.05, 0) is 5.04 Å². The third-order valence-electron chi connectivity index (χ3n) is 0.501. The van der Waals surface area contributed by atoms with E-state index in [9.17, 15) is 0 Å². The van der Waals surface area contributed by atoms with Crippen LogP contribution in [0.1, 0.15) is 0 Å². The Labute approximate surface area is 50.2 Å². The van der Waals surface area contributed by atoms with E-state index < -0.39 is 0 Å². The Kier molecular flexibility index (Phi) is 2.80. The molecule has 1 saturated heterocycles. The van der Waals surface area contributed by atoms with Gasteiger partial charge in [-0.2, -0.15) is 4.89 Å². The molecule has 9 heavy (non-hydrogen) atoms. The fraction of sp³-hybridized carbons (Fsp3) is 1.00. The van der Waals surface area contributed by atoms with Crippen LogP contribution in [-0.4, -0.2) is 19.1 Å². The summed E-state index contributed by atoms with van der Waals surface area (Å²) >= 11 is 0. The zero-order chi connectivity index (χ0) is 6.53. The molecule has 1 heterocycles. The molecule has 7 nitrogen and oxygen atoms in total. The third-order valence-corrected chi connectivity index (χ3v) is 0.501. The van der Waals surface area contributed by atoms with Gasteiger partial charge in [0.05, 0.1) is 7.11 Å². The molecule has 0 N–H and O–H groups in total. The predicted octanol–water partition coefficient (Wildman–Crippen LogP) is -0.521. The average molecular weight is 139 g/mol. The Morgan fingerprint density at radius 3 is 2.67 bits per heavy atom. The number of hydrogen-bond donors (Lipinski definition) is 0. The van der Waals surface area contributed by atoms with Crippen LogP contribution in [0.25, 0.3) is 0 Å². The molecule has 0 radical (unpaired) electrons. The standard InChI is InChI=1S/C2H5NO6/c1-4-8-5-2-3-6-9-7-3/h2H2,1H3. The van der Waals surface area contributed by atoms with Crippen LogP contribution < -0.4 is 0 Å². The van der Waals surface area contributed by atoms with E-state index in [1.807, 2.05) is 0 Å². The van der Waals surface area contributed by atoms with Gasteiger partial charge in [0.25, 0.3) is 0 Å². The van der Waals surface area contributed by atoms with Gasteiger partial charge < -0.3 is 0 Å². The van der Waals surface area contributed by atoms with Crippen molar-refractivity contribution in [3.05, 3.63) is 0 Å². The third kappa shape index (κ3) is 2.20. The summed E-state index contributed by atoms with van der Waals surface area (Å²) in [6, 6.07) is 0. The molecule has 1 aliphatic heterocycles. The van der Waals surface area contributed by atoms with Crippen molar-refractivity contribution in [3.8, 4) is 0 Å². The molecule has 0 aromatic carbocycles. The maximum Gasteiger partial charge on any atom is 0.194 e. The van der Waals surface area contributed by atoms with Gasteiger partial charge in [0.15, 0.2) is 6.73 Å². The zero-order valence-electron chi connectivity index (χ0n) is 4.60. The molecule has 7 heteroatoms. The number of hydroxylamine groups is 2. The molecule has 1 fully saturated rings. The number of hydrogen-bond acceptors (Lipinski definition) is 7. The molecule has 0 bridgehead atoms. The fourth-order valence-electron chi connectivity index (χ4n) is 0.229. The van der Waals surface area contributed by atoms with Crippen LogP contribution in [0.5, 0.6) is 0 Å². The van der Waals surface area contributed by atoms with E-state index in [1.54, 1.807) is 0 Å². The number of rotatable bonds is 4. The zero-order valence-corrected chi connectivity index (χ0v) is 4.60. The fourth-order valence-corrected chi connectivity index (χ4v) is 0.229. The van der Waals surface area contributed by atoms with E-state index in [0.29, 0.717) is 0 Å². The van der Waals surface area contributed by atoms with Gasteiger partial charge in [0, 0.05) is 5.23 Å². The summed E-state index contributed by atoms with van der Waals surface area (Å²) in [5, 5.41) is 8.69. The minimum atomic E-state index is -0.0617. The van der Waals surface area contributed by atoms with Crippen molar-refractivity contribution in [2.24, 2.45) is 0 Å². The van der Waals surface area contributed by atoms with Crippen molar-refractivity contribution in [2.75, 3.05) is 13.8 Å². The van der Waals surface area contributed by atoms with Crippen LogP contribution in [-0.2, 0) is 29.8 Å². The highest BCUT2D eigenvalue weighted by molar-refractivity contribution is 3.98. The summed E-state index contributed by atoms with van der Waals surface area (Å²) in [6.45, 7) is -0.0617. The minimum Gasteiger partial charge on any atom is -0.209 e. The van der Waals surface area contributed by atoms with Crippen LogP contribution >= 0.6 is 0 Å². The molecular weight excluding hydrogens is 134 g/mol. The first-order chi connectivity index (χ1) is 4.43. The molecule has 0 atom stereocenters. The number of nitrogens with zero attached hydrogens (tertiary/aromatic N) is 1. The Morgan fingerprint density at radius 1 is 1.44 bits per heavy atom. The van der Waals surface area contributed by atoms with E-state index in [2.05, 4.69) is 29.8 Å². The van der Waals surface area contributed by atoms with E-state index >= 15 is 0 Å². The van der Waals surface area contributed by atoms with Crippen molar-refractivity contribution < 1.29 is 29.8 Å². The largest absolute Gasteiger partial charge is 0.209 e.